The molecule has 1 N–H and O–H groups in total. The second kappa shape index (κ2) is 3.98. The molecule has 0 amide bonds. The summed E-state index contributed by atoms with van der Waals surface area (Å²) in [5, 5.41) is 8.73. The molecule has 2 rings (SSSR count). The van der Waals surface area contributed by atoms with E-state index in [0.717, 1.165) is 12.2 Å². The van der Waals surface area contributed by atoms with Crippen molar-refractivity contribution in [3.05, 3.63) is 29.8 Å². The van der Waals surface area contributed by atoms with Crippen LogP contribution in [0.4, 0.5) is 0 Å². The van der Waals surface area contributed by atoms with Crippen molar-refractivity contribution < 1.29 is 14.6 Å². The Labute approximate surface area is 83.3 Å². The molecule has 2 unspecified atom stereocenters. The van der Waals surface area contributed by atoms with Gasteiger partial charge in [0.2, 0.25) is 6.29 Å². The Hall–Kier alpha value is -1.06. The van der Waals surface area contributed by atoms with Crippen LogP contribution < -0.4 is 4.74 Å². The number of benzene rings is 1. The quantitative estimate of drug-likeness (QED) is 0.735. The molecule has 0 saturated carbocycles. The average Bonchev–Trinajstić information content (AvgIpc) is 2.98. The molecule has 1 aromatic rings. The lowest BCUT2D eigenvalue weighted by molar-refractivity contribution is 0.176. The van der Waals surface area contributed by atoms with Gasteiger partial charge in [-0.2, -0.15) is 0 Å². The maximum Gasteiger partial charge on any atom is 0.229 e. The van der Waals surface area contributed by atoms with Gasteiger partial charge in [0.05, 0.1) is 6.61 Å². The zero-order chi connectivity index (χ0) is 9.97. The normalized spacial score (nSPS) is 24.7. The maximum absolute atomic E-state index is 8.73. The van der Waals surface area contributed by atoms with E-state index < -0.39 is 0 Å². The van der Waals surface area contributed by atoms with Crippen LogP contribution in [0.2, 0.25) is 0 Å². The Kier molecular flexibility index (Phi) is 2.70. The van der Waals surface area contributed by atoms with E-state index in [1.165, 1.54) is 5.56 Å². The molecule has 76 valence electrons. The minimum absolute atomic E-state index is 0.0255. The summed E-state index contributed by atoms with van der Waals surface area (Å²) >= 11 is 0. The van der Waals surface area contributed by atoms with Crippen molar-refractivity contribution in [2.45, 2.75) is 25.7 Å². The molecule has 1 aliphatic rings. The van der Waals surface area contributed by atoms with Gasteiger partial charge in [-0.05, 0) is 24.1 Å². The molecule has 0 radical (unpaired) electrons. The maximum atomic E-state index is 8.73. The zero-order valence-corrected chi connectivity index (χ0v) is 8.14. The summed E-state index contributed by atoms with van der Waals surface area (Å²) in [6.45, 7) is 2.14. The van der Waals surface area contributed by atoms with Crippen molar-refractivity contribution in [3.63, 3.8) is 0 Å². The highest BCUT2D eigenvalue weighted by atomic mass is 16.8. The number of ether oxygens (including phenoxy) is 2. The third kappa shape index (κ3) is 2.05. The van der Waals surface area contributed by atoms with Crippen LogP contribution in [-0.4, -0.2) is 24.1 Å². The molecule has 3 nitrogen and oxygen atoms in total. The Morgan fingerprint density at radius 1 is 1.36 bits per heavy atom. The zero-order valence-electron chi connectivity index (χ0n) is 8.14. The van der Waals surface area contributed by atoms with Gasteiger partial charge in [0.15, 0.2) is 0 Å². The summed E-state index contributed by atoms with van der Waals surface area (Å²) in [5.74, 6) is 0.795. The molecular weight excluding hydrogens is 180 g/mol. The first-order valence-corrected chi connectivity index (χ1v) is 4.85. The molecule has 0 aromatic heterocycles. The molecule has 1 aliphatic heterocycles. The summed E-state index contributed by atoms with van der Waals surface area (Å²) in [5.41, 5.74) is 1.28. The molecule has 0 bridgehead atoms. The standard InChI is InChI=1S/C11H14O3/c1-2-8-3-5-9(6-4-8)13-11-10(7-12)14-11/h3-6,10-12H,2,7H2,1H3. The summed E-state index contributed by atoms with van der Waals surface area (Å²) in [4.78, 5) is 0. The SMILES string of the molecule is CCc1ccc(OC2OC2CO)cc1. The van der Waals surface area contributed by atoms with Crippen LogP contribution in [0.25, 0.3) is 0 Å². The molecule has 1 heterocycles. The highest BCUT2D eigenvalue weighted by molar-refractivity contribution is 5.27. The highest BCUT2D eigenvalue weighted by Crippen LogP contribution is 2.25. The Balaban J connectivity index is 1.91. The van der Waals surface area contributed by atoms with Crippen molar-refractivity contribution in [2.75, 3.05) is 6.61 Å². The number of epoxide rings is 1. The number of aliphatic hydroxyl groups excluding tert-OH is 1. The predicted octanol–water partition coefficient (Wildman–Crippen LogP) is 1.34. The van der Waals surface area contributed by atoms with E-state index in [2.05, 4.69) is 6.92 Å². The van der Waals surface area contributed by atoms with Gasteiger partial charge in [-0.15, -0.1) is 0 Å². The van der Waals surface area contributed by atoms with Gasteiger partial charge in [-0.3, -0.25) is 0 Å². The summed E-state index contributed by atoms with van der Waals surface area (Å²) in [6, 6.07) is 7.92. The van der Waals surface area contributed by atoms with Gasteiger partial charge in [-0.1, -0.05) is 19.1 Å². The van der Waals surface area contributed by atoms with E-state index >= 15 is 0 Å². The van der Waals surface area contributed by atoms with Gasteiger partial charge in [0.25, 0.3) is 0 Å². The fourth-order valence-corrected chi connectivity index (χ4v) is 1.30. The third-order valence-corrected chi connectivity index (χ3v) is 2.30. The Morgan fingerprint density at radius 3 is 2.57 bits per heavy atom. The van der Waals surface area contributed by atoms with E-state index in [4.69, 9.17) is 14.6 Å². The van der Waals surface area contributed by atoms with Crippen LogP contribution in [0.15, 0.2) is 24.3 Å². The first-order chi connectivity index (χ1) is 6.83. The van der Waals surface area contributed by atoms with Crippen LogP contribution >= 0.6 is 0 Å². The van der Waals surface area contributed by atoms with Crippen LogP contribution in [0.3, 0.4) is 0 Å². The molecule has 3 heteroatoms. The first kappa shape index (κ1) is 9.49. The number of aryl methyl sites for hydroxylation is 1. The molecule has 14 heavy (non-hydrogen) atoms. The van der Waals surface area contributed by atoms with Crippen LogP contribution in [0.1, 0.15) is 12.5 Å². The fraction of sp³-hybridized carbons (Fsp3) is 0.455. The number of hydrogen-bond donors (Lipinski definition) is 1. The average molecular weight is 194 g/mol. The molecule has 1 aromatic carbocycles. The van der Waals surface area contributed by atoms with E-state index in [0.29, 0.717) is 0 Å². The first-order valence-electron chi connectivity index (χ1n) is 4.85. The van der Waals surface area contributed by atoms with Gasteiger partial charge in [0, 0.05) is 0 Å². The topological polar surface area (TPSA) is 42.0 Å². The smallest absolute Gasteiger partial charge is 0.229 e. The molecule has 2 atom stereocenters. The van der Waals surface area contributed by atoms with Gasteiger partial charge >= 0.3 is 0 Å². The Bertz CT molecular complexity index is 294. The number of hydrogen-bond acceptors (Lipinski definition) is 3. The number of rotatable bonds is 4. The van der Waals surface area contributed by atoms with E-state index in [-0.39, 0.29) is 19.0 Å². The fourth-order valence-electron chi connectivity index (χ4n) is 1.30. The summed E-state index contributed by atoms with van der Waals surface area (Å²) in [6.07, 6.45) is 0.632. The lowest BCUT2D eigenvalue weighted by Crippen LogP contribution is -2.06. The van der Waals surface area contributed by atoms with Gasteiger partial charge < -0.3 is 14.6 Å². The lowest BCUT2D eigenvalue weighted by atomic mass is 10.2. The van der Waals surface area contributed by atoms with E-state index in [1.54, 1.807) is 0 Å². The molecule has 1 fully saturated rings. The van der Waals surface area contributed by atoms with Gasteiger partial charge in [-0.25, -0.2) is 0 Å². The van der Waals surface area contributed by atoms with Crippen LogP contribution in [0.5, 0.6) is 5.75 Å². The van der Waals surface area contributed by atoms with Crippen molar-refractivity contribution >= 4 is 0 Å². The summed E-state index contributed by atoms with van der Waals surface area (Å²) < 4.78 is 10.5. The van der Waals surface area contributed by atoms with Crippen molar-refractivity contribution in [1.82, 2.24) is 0 Å². The molecule has 0 spiro atoms. The van der Waals surface area contributed by atoms with E-state index in [1.807, 2.05) is 24.3 Å². The summed E-state index contributed by atoms with van der Waals surface area (Å²) in [7, 11) is 0. The van der Waals surface area contributed by atoms with Gasteiger partial charge in [0.1, 0.15) is 11.9 Å². The molecule has 0 aliphatic carbocycles. The highest BCUT2D eigenvalue weighted by Gasteiger charge is 2.40. The minimum atomic E-state index is -0.257. The molecule has 1 saturated heterocycles. The van der Waals surface area contributed by atoms with Crippen LogP contribution in [0, 0.1) is 0 Å². The molecular formula is C11H14O3. The van der Waals surface area contributed by atoms with Crippen molar-refractivity contribution in [1.29, 1.82) is 0 Å². The third-order valence-electron chi connectivity index (χ3n) is 2.30. The Morgan fingerprint density at radius 2 is 2.07 bits per heavy atom. The van der Waals surface area contributed by atoms with Crippen molar-refractivity contribution in [2.24, 2.45) is 0 Å². The minimum Gasteiger partial charge on any atom is -0.462 e. The van der Waals surface area contributed by atoms with Crippen molar-refractivity contribution in [3.8, 4) is 5.75 Å². The van der Waals surface area contributed by atoms with E-state index in [9.17, 15) is 0 Å². The van der Waals surface area contributed by atoms with Crippen LogP contribution in [-0.2, 0) is 11.2 Å². The second-order valence-electron chi connectivity index (χ2n) is 3.34. The monoisotopic (exact) mass is 194 g/mol. The largest absolute Gasteiger partial charge is 0.462 e. The predicted molar refractivity (Wildman–Crippen MR) is 52.2 cm³/mol. The lowest BCUT2D eigenvalue weighted by Gasteiger charge is -2.02. The second-order valence-corrected chi connectivity index (χ2v) is 3.34. The number of aliphatic hydroxyl groups is 1.